The zero-order valence-electron chi connectivity index (χ0n) is 16.5. The maximum Gasteiger partial charge on any atom is 0.416 e. The number of benzene rings is 2. The topological polar surface area (TPSA) is 75.7 Å². The van der Waals surface area contributed by atoms with Gasteiger partial charge in [-0.1, -0.05) is 12.1 Å². The van der Waals surface area contributed by atoms with Gasteiger partial charge in [-0.25, -0.2) is 4.79 Å². The van der Waals surface area contributed by atoms with Crippen molar-refractivity contribution < 1.29 is 32.3 Å². The summed E-state index contributed by atoms with van der Waals surface area (Å²) in [5.74, 6) is -0.541. The van der Waals surface area contributed by atoms with E-state index in [1.54, 1.807) is 12.1 Å². The molecule has 0 spiro atoms. The Balaban J connectivity index is 1.96. The molecule has 0 radical (unpaired) electrons. The number of carbonyl (C=O) groups excluding carboxylic acids is 3. The molecular formula is C21H19F3N2O4. The molecule has 2 aromatic carbocycles. The lowest BCUT2D eigenvalue weighted by molar-refractivity contribution is -0.138. The van der Waals surface area contributed by atoms with E-state index in [1.165, 1.54) is 39.2 Å². The molecule has 1 fully saturated rings. The van der Waals surface area contributed by atoms with E-state index in [-0.39, 0.29) is 17.9 Å². The van der Waals surface area contributed by atoms with Gasteiger partial charge in [0.1, 0.15) is 11.3 Å². The van der Waals surface area contributed by atoms with E-state index < -0.39 is 29.2 Å². The standard InChI is InChI=1S/C21H19F3N2O4/c1-12(27)13-7-8-17(30-3)14(9-13)11-26-18(28)20(2,25-19(26)29)15-5-4-6-16(10-15)21(22,23)24/h4-10H,11H2,1-3H3,(H,25,29)/t20-/m0/s1. The van der Waals surface area contributed by atoms with Gasteiger partial charge in [0.05, 0.1) is 19.2 Å². The first-order chi connectivity index (χ1) is 14.0. The largest absolute Gasteiger partial charge is 0.496 e. The normalized spacial score (nSPS) is 19.1. The van der Waals surface area contributed by atoms with Crippen molar-refractivity contribution in [3.8, 4) is 5.75 Å². The molecule has 0 aliphatic carbocycles. The fraction of sp³-hybridized carbons (Fsp3) is 0.286. The monoisotopic (exact) mass is 420 g/mol. The minimum atomic E-state index is -4.59. The molecule has 1 aliphatic heterocycles. The number of rotatable bonds is 5. The zero-order valence-corrected chi connectivity index (χ0v) is 16.5. The highest BCUT2D eigenvalue weighted by Crippen LogP contribution is 2.35. The van der Waals surface area contributed by atoms with Crippen molar-refractivity contribution in [3.05, 3.63) is 64.7 Å². The first kappa shape index (κ1) is 21.4. The maximum absolute atomic E-state index is 13.1. The number of alkyl halides is 3. The number of hydrogen-bond acceptors (Lipinski definition) is 4. The van der Waals surface area contributed by atoms with Crippen LogP contribution in [0.25, 0.3) is 0 Å². The fourth-order valence-corrected chi connectivity index (χ4v) is 3.33. The highest BCUT2D eigenvalue weighted by Gasteiger charge is 2.49. The van der Waals surface area contributed by atoms with Crippen molar-refractivity contribution in [2.45, 2.75) is 32.1 Å². The summed E-state index contributed by atoms with van der Waals surface area (Å²) in [4.78, 5) is 38.2. The van der Waals surface area contributed by atoms with Crippen LogP contribution in [0.4, 0.5) is 18.0 Å². The number of Topliss-reactive ketones (excluding diaryl/α,β-unsaturated/α-hetero) is 1. The van der Waals surface area contributed by atoms with Crippen molar-refractivity contribution in [2.75, 3.05) is 7.11 Å². The van der Waals surface area contributed by atoms with Crippen LogP contribution < -0.4 is 10.1 Å². The fourth-order valence-electron chi connectivity index (χ4n) is 3.33. The summed E-state index contributed by atoms with van der Waals surface area (Å²) in [5, 5.41) is 2.48. The second-order valence-electron chi connectivity index (χ2n) is 7.11. The Bertz CT molecular complexity index is 1040. The second kappa shape index (κ2) is 7.47. The van der Waals surface area contributed by atoms with E-state index in [1.807, 2.05) is 0 Å². The molecule has 2 aromatic rings. The molecule has 158 valence electrons. The summed E-state index contributed by atoms with van der Waals surface area (Å²) in [6, 6.07) is 8.15. The van der Waals surface area contributed by atoms with Crippen LogP contribution in [-0.4, -0.2) is 29.7 Å². The predicted octanol–water partition coefficient (Wildman–Crippen LogP) is 3.88. The van der Waals surface area contributed by atoms with Crippen LogP contribution in [0.5, 0.6) is 5.75 Å². The Morgan fingerprint density at radius 2 is 1.87 bits per heavy atom. The number of halogens is 3. The van der Waals surface area contributed by atoms with E-state index >= 15 is 0 Å². The van der Waals surface area contributed by atoms with Crippen LogP contribution in [0, 0.1) is 0 Å². The number of nitrogens with zero attached hydrogens (tertiary/aromatic N) is 1. The minimum absolute atomic E-state index is 0.0163. The average molecular weight is 420 g/mol. The Labute approximate surface area is 170 Å². The Morgan fingerprint density at radius 3 is 2.47 bits per heavy atom. The number of urea groups is 1. The smallest absolute Gasteiger partial charge is 0.416 e. The number of imide groups is 1. The van der Waals surface area contributed by atoms with Gasteiger partial charge in [-0.3, -0.25) is 14.5 Å². The Kier molecular flexibility index (Phi) is 5.32. The summed E-state index contributed by atoms with van der Waals surface area (Å²) in [6.45, 7) is 2.53. The van der Waals surface area contributed by atoms with Crippen LogP contribution in [0.3, 0.4) is 0 Å². The van der Waals surface area contributed by atoms with Crippen LogP contribution in [0.1, 0.15) is 40.9 Å². The van der Waals surface area contributed by atoms with Gasteiger partial charge in [0.15, 0.2) is 5.78 Å². The molecule has 9 heteroatoms. The van der Waals surface area contributed by atoms with E-state index in [9.17, 15) is 27.6 Å². The zero-order chi connectivity index (χ0) is 22.3. The van der Waals surface area contributed by atoms with Gasteiger partial charge in [0.2, 0.25) is 0 Å². The van der Waals surface area contributed by atoms with Crippen molar-refractivity contribution in [1.29, 1.82) is 0 Å². The summed E-state index contributed by atoms with van der Waals surface area (Å²) in [7, 11) is 1.41. The molecule has 1 heterocycles. The maximum atomic E-state index is 13.1. The van der Waals surface area contributed by atoms with Crippen LogP contribution in [0.15, 0.2) is 42.5 Å². The average Bonchev–Trinajstić information content (AvgIpc) is 2.91. The first-order valence-corrected chi connectivity index (χ1v) is 8.97. The molecule has 3 amide bonds. The number of ether oxygens (including phenoxy) is 1. The SMILES string of the molecule is COc1ccc(C(C)=O)cc1CN1C(=O)N[C@@](C)(c2cccc(C(F)(F)F)c2)C1=O. The molecule has 30 heavy (non-hydrogen) atoms. The van der Waals surface area contributed by atoms with Crippen LogP contribution in [0.2, 0.25) is 0 Å². The first-order valence-electron chi connectivity index (χ1n) is 8.97. The third-order valence-electron chi connectivity index (χ3n) is 5.06. The van der Waals surface area contributed by atoms with Gasteiger partial charge < -0.3 is 10.1 Å². The molecule has 3 rings (SSSR count). The third-order valence-corrected chi connectivity index (χ3v) is 5.06. The van der Waals surface area contributed by atoms with Crippen molar-refractivity contribution >= 4 is 17.7 Å². The van der Waals surface area contributed by atoms with Gasteiger partial charge >= 0.3 is 12.2 Å². The quantitative estimate of drug-likeness (QED) is 0.588. The summed E-state index contributed by atoms with van der Waals surface area (Å²) in [5.41, 5.74) is -1.77. The predicted molar refractivity (Wildman–Crippen MR) is 101 cm³/mol. The summed E-state index contributed by atoms with van der Waals surface area (Å²) < 4.78 is 44.5. The summed E-state index contributed by atoms with van der Waals surface area (Å²) in [6.07, 6.45) is -4.59. The number of nitrogens with one attached hydrogen (secondary N) is 1. The number of ketones is 1. The van der Waals surface area contributed by atoms with Crippen LogP contribution >= 0.6 is 0 Å². The van der Waals surface area contributed by atoms with Crippen molar-refractivity contribution in [1.82, 2.24) is 10.2 Å². The molecule has 6 nitrogen and oxygen atoms in total. The molecule has 1 N–H and O–H groups in total. The van der Waals surface area contributed by atoms with Crippen molar-refractivity contribution in [2.24, 2.45) is 0 Å². The van der Waals surface area contributed by atoms with E-state index in [0.717, 1.165) is 17.0 Å². The molecule has 0 aromatic heterocycles. The molecule has 0 unspecified atom stereocenters. The molecule has 0 saturated carbocycles. The van der Waals surface area contributed by atoms with E-state index in [2.05, 4.69) is 5.32 Å². The third kappa shape index (κ3) is 3.74. The highest BCUT2D eigenvalue weighted by molar-refractivity contribution is 6.07. The Hall–Kier alpha value is -3.36. The highest BCUT2D eigenvalue weighted by atomic mass is 19.4. The van der Waals surface area contributed by atoms with E-state index in [0.29, 0.717) is 16.9 Å². The molecular weight excluding hydrogens is 401 g/mol. The van der Waals surface area contributed by atoms with Gasteiger partial charge in [0, 0.05) is 11.1 Å². The minimum Gasteiger partial charge on any atom is -0.496 e. The number of hydrogen-bond donors (Lipinski definition) is 1. The lowest BCUT2D eigenvalue weighted by Crippen LogP contribution is -2.41. The number of carbonyl (C=O) groups is 3. The molecule has 0 bridgehead atoms. The number of methoxy groups -OCH3 is 1. The van der Waals surface area contributed by atoms with Gasteiger partial charge in [-0.2, -0.15) is 13.2 Å². The molecule has 1 atom stereocenters. The van der Waals surface area contributed by atoms with E-state index in [4.69, 9.17) is 4.74 Å². The lowest BCUT2D eigenvalue weighted by atomic mass is 9.90. The lowest BCUT2D eigenvalue weighted by Gasteiger charge is -2.23. The van der Waals surface area contributed by atoms with Gasteiger partial charge in [-0.05, 0) is 49.7 Å². The van der Waals surface area contributed by atoms with Crippen LogP contribution in [-0.2, 0) is 23.1 Å². The summed E-state index contributed by atoms with van der Waals surface area (Å²) >= 11 is 0. The molecule has 1 saturated heterocycles. The van der Waals surface area contributed by atoms with Gasteiger partial charge in [0.25, 0.3) is 5.91 Å². The molecule has 1 aliphatic rings. The van der Waals surface area contributed by atoms with Crippen molar-refractivity contribution in [3.63, 3.8) is 0 Å². The Morgan fingerprint density at radius 1 is 1.17 bits per heavy atom. The number of amides is 3. The second-order valence-corrected chi connectivity index (χ2v) is 7.11. The van der Waals surface area contributed by atoms with Gasteiger partial charge in [-0.15, -0.1) is 0 Å².